The Morgan fingerprint density at radius 2 is 0.857 bits per heavy atom. The molecule has 0 atom stereocenters. The summed E-state index contributed by atoms with van der Waals surface area (Å²) in [7, 11) is 0. The number of aliphatic carboxylic acids is 1. The van der Waals surface area contributed by atoms with Gasteiger partial charge in [0.05, 0.1) is 0 Å². The molecule has 0 aromatic rings. The van der Waals surface area contributed by atoms with Crippen LogP contribution in [0.2, 0.25) is 0 Å². The molecule has 126 valence electrons. The van der Waals surface area contributed by atoms with Crippen molar-refractivity contribution in [2.45, 2.75) is 103 Å². The maximum atomic E-state index is 10.3. The molecule has 0 aliphatic carbocycles. The number of carboxylic acid groups (broad SMARTS) is 1. The zero-order chi connectivity index (χ0) is 15.6. The van der Waals surface area contributed by atoms with Gasteiger partial charge in [0, 0.05) is 11.8 Å². The summed E-state index contributed by atoms with van der Waals surface area (Å²) >= 11 is 3.47. The van der Waals surface area contributed by atoms with Crippen LogP contribution in [0.25, 0.3) is 0 Å². The molecule has 2 nitrogen and oxygen atoms in total. The van der Waals surface area contributed by atoms with Crippen LogP contribution >= 0.6 is 15.9 Å². The van der Waals surface area contributed by atoms with Gasteiger partial charge in [-0.05, 0) is 12.8 Å². The summed E-state index contributed by atoms with van der Waals surface area (Å²) in [6.07, 6.45) is 20.1. The van der Waals surface area contributed by atoms with Gasteiger partial charge in [0.2, 0.25) is 0 Å². The van der Waals surface area contributed by atoms with Gasteiger partial charge in [-0.1, -0.05) is 99.4 Å². The summed E-state index contributed by atoms with van der Waals surface area (Å²) in [5, 5.41) is 9.69. The number of carboxylic acids is 1. The molecule has 0 aromatic heterocycles. The van der Waals surface area contributed by atoms with Crippen LogP contribution < -0.4 is 0 Å². The number of carbonyl (C=O) groups is 1. The first-order valence-electron chi connectivity index (χ1n) is 9.05. The van der Waals surface area contributed by atoms with Crippen molar-refractivity contribution >= 4 is 21.9 Å². The van der Waals surface area contributed by atoms with Crippen molar-refractivity contribution in [1.82, 2.24) is 0 Å². The van der Waals surface area contributed by atoms with Crippen LogP contribution in [-0.2, 0) is 4.79 Å². The van der Waals surface area contributed by atoms with E-state index in [1.807, 2.05) is 0 Å². The van der Waals surface area contributed by atoms with E-state index in [1.54, 1.807) is 0 Å². The Balaban J connectivity index is 2.95. The van der Waals surface area contributed by atoms with Crippen LogP contribution in [0.15, 0.2) is 0 Å². The maximum absolute atomic E-state index is 10.3. The van der Waals surface area contributed by atoms with Gasteiger partial charge in [-0.2, -0.15) is 0 Å². The number of alkyl halides is 1. The number of unbranched alkanes of at least 4 members (excludes halogenated alkanes) is 14. The molecule has 0 rings (SSSR count). The second-order valence-corrected chi connectivity index (χ2v) is 6.93. The van der Waals surface area contributed by atoms with Crippen LogP contribution in [0, 0.1) is 0 Å². The second-order valence-electron chi connectivity index (χ2n) is 6.14. The van der Waals surface area contributed by atoms with E-state index in [0.717, 1.165) is 18.2 Å². The third kappa shape index (κ3) is 19.9. The van der Waals surface area contributed by atoms with Crippen molar-refractivity contribution in [3.8, 4) is 0 Å². The van der Waals surface area contributed by atoms with E-state index in [2.05, 4.69) is 15.9 Å². The first-order chi connectivity index (χ1) is 10.3. The summed E-state index contributed by atoms with van der Waals surface area (Å²) in [6.45, 7) is 0. The molecule has 0 saturated carbocycles. The van der Waals surface area contributed by atoms with Crippen LogP contribution in [0.1, 0.15) is 103 Å². The third-order valence-corrected chi connectivity index (χ3v) is 4.59. The third-order valence-electron chi connectivity index (χ3n) is 4.02. The molecule has 0 aromatic carbocycles. The Morgan fingerprint density at radius 3 is 1.14 bits per heavy atom. The average Bonchev–Trinajstić information content (AvgIpc) is 2.46. The predicted octanol–water partition coefficient (Wildman–Crippen LogP) is 6.71. The molecule has 1 N–H and O–H groups in total. The molecule has 0 bridgehead atoms. The van der Waals surface area contributed by atoms with E-state index < -0.39 is 5.97 Å². The Kier molecular flexibility index (Phi) is 18.0. The molecule has 0 saturated heterocycles. The van der Waals surface area contributed by atoms with Gasteiger partial charge in [0.15, 0.2) is 0 Å². The van der Waals surface area contributed by atoms with E-state index in [1.165, 1.54) is 83.5 Å². The lowest BCUT2D eigenvalue weighted by atomic mass is 10.0. The first kappa shape index (κ1) is 20.9. The molecule has 0 radical (unpaired) electrons. The fraction of sp³-hybridized carbons (Fsp3) is 0.944. The molecule has 0 aliphatic rings. The molecular weight excluding hydrogens is 328 g/mol. The largest absolute Gasteiger partial charge is 0.481 e. The molecule has 0 aliphatic heterocycles. The fourth-order valence-corrected chi connectivity index (χ4v) is 3.07. The zero-order valence-electron chi connectivity index (χ0n) is 13.8. The highest BCUT2D eigenvalue weighted by Crippen LogP contribution is 2.13. The van der Waals surface area contributed by atoms with Gasteiger partial charge in [0.1, 0.15) is 0 Å². The van der Waals surface area contributed by atoms with Crippen molar-refractivity contribution in [2.75, 3.05) is 5.33 Å². The van der Waals surface area contributed by atoms with Gasteiger partial charge in [0.25, 0.3) is 0 Å². The van der Waals surface area contributed by atoms with Gasteiger partial charge in [-0.25, -0.2) is 0 Å². The second kappa shape index (κ2) is 18.0. The van der Waals surface area contributed by atoms with Crippen LogP contribution in [0.5, 0.6) is 0 Å². The van der Waals surface area contributed by atoms with E-state index in [9.17, 15) is 4.79 Å². The van der Waals surface area contributed by atoms with Crippen LogP contribution in [0.3, 0.4) is 0 Å². The zero-order valence-corrected chi connectivity index (χ0v) is 15.3. The minimum absolute atomic E-state index is 0.343. The van der Waals surface area contributed by atoms with E-state index in [-0.39, 0.29) is 0 Å². The summed E-state index contributed by atoms with van der Waals surface area (Å²) < 4.78 is 0. The van der Waals surface area contributed by atoms with Gasteiger partial charge in [-0.15, -0.1) is 0 Å². The molecule has 0 amide bonds. The standard InChI is InChI=1S/C18H35BrO2/c19-17-15-13-11-9-7-5-3-1-2-4-6-8-10-12-14-16-18(20)21/h1-17H2,(H,20,21). The highest BCUT2D eigenvalue weighted by molar-refractivity contribution is 9.09. The van der Waals surface area contributed by atoms with Crippen LogP contribution in [0.4, 0.5) is 0 Å². The van der Waals surface area contributed by atoms with Crippen molar-refractivity contribution < 1.29 is 9.90 Å². The maximum Gasteiger partial charge on any atom is 0.303 e. The predicted molar refractivity (Wildman–Crippen MR) is 95.3 cm³/mol. The minimum atomic E-state index is -0.655. The van der Waals surface area contributed by atoms with E-state index in [4.69, 9.17) is 5.11 Å². The normalized spacial score (nSPS) is 10.9. The van der Waals surface area contributed by atoms with Crippen molar-refractivity contribution in [2.24, 2.45) is 0 Å². The Morgan fingerprint density at radius 1 is 0.571 bits per heavy atom. The smallest absolute Gasteiger partial charge is 0.303 e. The van der Waals surface area contributed by atoms with E-state index >= 15 is 0 Å². The number of halogens is 1. The summed E-state index contributed by atoms with van der Waals surface area (Å²) in [5.74, 6) is -0.655. The van der Waals surface area contributed by atoms with Crippen molar-refractivity contribution in [3.05, 3.63) is 0 Å². The molecule has 0 spiro atoms. The van der Waals surface area contributed by atoms with Gasteiger partial charge in [-0.3, -0.25) is 4.79 Å². The lowest BCUT2D eigenvalue weighted by Crippen LogP contribution is -1.93. The van der Waals surface area contributed by atoms with Gasteiger partial charge < -0.3 is 5.11 Å². The fourth-order valence-electron chi connectivity index (χ4n) is 2.67. The monoisotopic (exact) mass is 362 g/mol. The topological polar surface area (TPSA) is 37.3 Å². The lowest BCUT2D eigenvalue weighted by molar-refractivity contribution is -0.137. The molecular formula is C18H35BrO2. The highest BCUT2D eigenvalue weighted by Gasteiger charge is 1.97. The quantitative estimate of drug-likeness (QED) is 0.230. The molecule has 0 heterocycles. The summed E-state index contributed by atoms with van der Waals surface area (Å²) in [4.78, 5) is 10.3. The SMILES string of the molecule is O=C(O)CCCCCCCCCCCCCCCCCBr. The minimum Gasteiger partial charge on any atom is -0.481 e. The number of hydrogen-bond donors (Lipinski definition) is 1. The van der Waals surface area contributed by atoms with Gasteiger partial charge >= 0.3 is 5.97 Å². The van der Waals surface area contributed by atoms with Crippen molar-refractivity contribution in [1.29, 1.82) is 0 Å². The van der Waals surface area contributed by atoms with Crippen molar-refractivity contribution in [3.63, 3.8) is 0 Å². The average molecular weight is 363 g/mol. The summed E-state index contributed by atoms with van der Waals surface area (Å²) in [5.41, 5.74) is 0. The Bertz CT molecular complexity index is 219. The lowest BCUT2D eigenvalue weighted by Gasteiger charge is -2.03. The number of hydrogen-bond acceptors (Lipinski definition) is 1. The molecule has 0 fully saturated rings. The van der Waals surface area contributed by atoms with Crippen LogP contribution in [-0.4, -0.2) is 16.4 Å². The molecule has 21 heavy (non-hydrogen) atoms. The molecule has 0 unspecified atom stereocenters. The Labute approximate surface area is 140 Å². The first-order valence-corrected chi connectivity index (χ1v) is 10.2. The highest BCUT2D eigenvalue weighted by atomic mass is 79.9. The number of rotatable bonds is 17. The summed E-state index contributed by atoms with van der Waals surface area (Å²) in [6, 6.07) is 0. The Hall–Kier alpha value is -0.0500. The van der Waals surface area contributed by atoms with E-state index in [0.29, 0.717) is 6.42 Å². The molecule has 3 heteroatoms.